The first-order valence-corrected chi connectivity index (χ1v) is 8.17. The molecule has 20 heavy (non-hydrogen) atoms. The topological polar surface area (TPSA) is 72.5 Å². The molecular formula is C13H18ClNO4S. The minimum atomic E-state index is -3.39. The van der Waals surface area contributed by atoms with Crippen LogP contribution in [0.3, 0.4) is 0 Å². The van der Waals surface area contributed by atoms with Crippen LogP contribution in [0.1, 0.15) is 19.4 Å². The Morgan fingerprint density at radius 3 is 2.50 bits per heavy atom. The molecular weight excluding hydrogens is 302 g/mol. The van der Waals surface area contributed by atoms with E-state index in [4.69, 9.17) is 11.6 Å². The van der Waals surface area contributed by atoms with Gasteiger partial charge in [-0.05, 0) is 26.0 Å². The predicted molar refractivity (Wildman–Crippen MR) is 77.5 cm³/mol. The van der Waals surface area contributed by atoms with Gasteiger partial charge in [0.15, 0.2) is 9.84 Å². The van der Waals surface area contributed by atoms with Gasteiger partial charge in [-0.2, -0.15) is 0 Å². The smallest absolute Gasteiger partial charge is 0.325 e. The fourth-order valence-corrected chi connectivity index (χ4v) is 2.95. The Bertz CT molecular complexity index is 611. The van der Waals surface area contributed by atoms with Crippen molar-refractivity contribution in [3.8, 4) is 0 Å². The van der Waals surface area contributed by atoms with Crippen molar-refractivity contribution in [2.24, 2.45) is 0 Å². The third-order valence-corrected chi connectivity index (χ3v) is 4.41. The number of carbonyl (C=O) groups is 1. The molecule has 0 aliphatic carbocycles. The summed E-state index contributed by atoms with van der Waals surface area (Å²) in [5, 5.41) is 3.29. The maximum absolute atomic E-state index is 11.7. The van der Waals surface area contributed by atoms with Gasteiger partial charge in [0.1, 0.15) is 5.54 Å². The van der Waals surface area contributed by atoms with Crippen molar-refractivity contribution in [2.45, 2.75) is 30.8 Å². The lowest BCUT2D eigenvalue weighted by Crippen LogP contribution is -2.47. The second kappa shape index (κ2) is 6.11. The molecule has 1 rings (SSSR count). The average Bonchev–Trinajstić information content (AvgIpc) is 2.34. The molecule has 1 aromatic rings. The Morgan fingerprint density at radius 2 is 2.00 bits per heavy atom. The maximum atomic E-state index is 11.7. The van der Waals surface area contributed by atoms with E-state index >= 15 is 0 Å². The molecule has 0 fully saturated rings. The Morgan fingerprint density at radius 1 is 1.40 bits per heavy atom. The molecule has 0 bridgehead atoms. The fourth-order valence-electron chi connectivity index (χ4n) is 1.69. The minimum Gasteiger partial charge on any atom is -0.468 e. The third kappa shape index (κ3) is 3.94. The van der Waals surface area contributed by atoms with E-state index in [1.807, 2.05) is 0 Å². The summed E-state index contributed by atoms with van der Waals surface area (Å²) in [7, 11) is -2.10. The number of nitrogens with one attached hydrogen (secondary N) is 1. The van der Waals surface area contributed by atoms with E-state index in [2.05, 4.69) is 10.1 Å². The van der Waals surface area contributed by atoms with Gasteiger partial charge in [0.2, 0.25) is 0 Å². The van der Waals surface area contributed by atoms with Crippen LogP contribution in [-0.2, 0) is 25.9 Å². The van der Waals surface area contributed by atoms with Crippen LogP contribution in [0.2, 0.25) is 5.02 Å². The molecule has 1 N–H and O–H groups in total. The molecule has 112 valence electrons. The first-order valence-electron chi connectivity index (χ1n) is 5.90. The SMILES string of the molecule is COC(=O)C(C)(C)NCc1c(Cl)cccc1S(C)(=O)=O. The average molecular weight is 320 g/mol. The van der Waals surface area contributed by atoms with E-state index in [-0.39, 0.29) is 11.4 Å². The van der Waals surface area contributed by atoms with E-state index in [9.17, 15) is 13.2 Å². The highest BCUT2D eigenvalue weighted by Crippen LogP contribution is 2.24. The molecule has 0 saturated carbocycles. The summed E-state index contributed by atoms with van der Waals surface area (Å²) in [6, 6.07) is 4.68. The molecule has 0 saturated heterocycles. The van der Waals surface area contributed by atoms with Crippen molar-refractivity contribution in [1.82, 2.24) is 5.32 Å². The second-order valence-corrected chi connectivity index (χ2v) is 7.35. The second-order valence-electron chi connectivity index (χ2n) is 4.96. The zero-order valence-electron chi connectivity index (χ0n) is 11.9. The van der Waals surface area contributed by atoms with Crippen molar-refractivity contribution < 1.29 is 17.9 Å². The lowest BCUT2D eigenvalue weighted by molar-refractivity contribution is -0.147. The molecule has 5 nitrogen and oxygen atoms in total. The van der Waals surface area contributed by atoms with Gasteiger partial charge in [-0.3, -0.25) is 10.1 Å². The number of ether oxygens (including phenoxy) is 1. The number of esters is 1. The summed E-state index contributed by atoms with van der Waals surface area (Å²) in [5.74, 6) is -0.439. The van der Waals surface area contributed by atoms with E-state index in [1.165, 1.54) is 13.2 Å². The van der Waals surface area contributed by atoms with E-state index in [0.29, 0.717) is 10.6 Å². The Balaban J connectivity index is 3.08. The molecule has 0 aliphatic rings. The first-order chi connectivity index (χ1) is 9.09. The number of benzene rings is 1. The van der Waals surface area contributed by atoms with Crippen LogP contribution < -0.4 is 5.32 Å². The normalized spacial score (nSPS) is 12.2. The van der Waals surface area contributed by atoms with E-state index < -0.39 is 21.3 Å². The zero-order valence-corrected chi connectivity index (χ0v) is 13.4. The molecule has 0 spiro atoms. The number of carbonyl (C=O) groups excluding carboxylic acids is 1. The predicted octanol–water partition coefficient (Wildman–Crippen LogP) is 1.78. The van der Waals surface area contributed by atoms with Crippen LogP contribution in [0.25, 0.3) is 0 Å². The summed E-state index contributed by atoms with van der Waals surface area (Å²) >= 11 is 6.06. The van der Waals surface area contributed by atoms with Crippen molar-refractivity contribution in [3.05, 3.63) is 28.8 Å². The zero-order chi connectivity index (χ0) is 15.6. The highest BCUT2D eigenvalue weighted by atomic mass is 35.5. The Kier molecular flexibility index (Phi) is 5.18. The van der Waals surface area contributed by atoms with Crippen LogP contribution >= 0.6 is 11.6 Å². The van der Waals surface area contributed by atoms with Crippen molar-refractivity contribution in [2.75, 3.05) is 13.4 Å². The maximum Gasteiger partial charge on any atom is 0.325 e. The van der Waals surface area contributed by atoms with Crippen LogP contribution in [0, 0.1) is 0 Å². The molecule has 0 radical (unpaired) electrons. The number of hydrogen-bond donors (Lipinski definition) is 1. The van der Waals surface area contributed by atoms with Crippen LogP contribution in [0.5, 0.6) is 0 Å². The van der Waals surface area contributed by atoms with Gasteiger partial charge in [-0.15, -0.1) is 0 Å². The summed E-state index contributed by atoms with van der Waals surface area (Å²) in [6.07, 6.45) is 1.12. The third-order valence-electron chi connectivity index (χ3n) is 2.88. The fraction of sp³-hybridized carbons (Fsp3) is 0.462. The quantitative estimate of drug-likeness (QED) is 0.838. The van der Waals surface area contributed by atoms with Gasteiger partial charge < -0.3 is 4.74 Å². The molecule has 0 unspecified atom stereocenters. The number of methoxy groups -OCH3 is 1. The van der Waals surface area contributed by atoms with Gasteiger partial charge in [0.05, 0.1) is 12.0 Å². The van der Waals surface area contributed by atoms with Gasteiger partial charge in [-0.1, -0.05) is 17.7 Å². The highest BCUT2D eigenvalue weighted by Gasteiger charge is 2.28. The van der Waals surface area contributed by atoms with Gasteiger partial charge in [0.25, 0.3) is 0 Å². The summed E-state index contributed by atoms with van der Waals surface area (Å²) < 4.78 is 28.2. The molecule has 0 aliphatic heterocycles. The number of halogens is 1. The van der Waals surface area contributed by atoms with Crippen LogP contribution in [0.4, 0.5) is 0 Å². The van der Waals surface area contributed by atoms with E-state index in [0.717, 1.165) is 6.26 Å². The molecule has 0 amide bonds. The van der Waals surface area contributed by atoms with Crippen LogP contribution in [-0.4, -0.2) is 33.3 Å². The Labute approximate surface area is 124 Å². The lowest BCUT2D eigenvalue weighted by atomic mass is 10.1. The van der Waals surface area contributed by atoms with Crippen molar-refractivity contribution in [1.29, 1.82) is 0 Å². The number of hydrogen-bond acceptors (Lipinski definition) is 5. The molecule has 0 heterocycles. The lowest BCUT2D eigenvalue weighted by Gasteiger charge is -2.24. The van der Waals surface area contributed by atoms with Gasteiger partial charge in [-0.25, -0.2) is 8.42 Å². The van der Waals surface area contributed by atoms with Crippen molar-refractivity contribution in [3.63, 3.8) is 0 Å². The number of sulfone groups is 1. The summed E-state index contributed by atoms with van der Waals surface area (Å²) in [5.41, 5.74) is -0.503. The van der Waals surface area contributed by atoms with Crippen molar-refractivity contribution >= 4 is 27.4 Å². The van der Waals surface area contributed by atoms with Crippen LogP contribution in [0.15, 0.2) is 23.1 Å². The molecule has 0 atom stereocenters. The monoisotopic (exact) mass is 319 g/mol. The first kappa shape index (κ1) is 16.9. The molecule has 0 aromatic heterocycles. The molecule has 1 aromatic carbocycles. The number of rotatable bonds is 5. The largest absolute Gasteiger partial charge is 0.468 e. The molecule has 7 heteroatoms. The minimum absolute atomic E-state index is 0.143. The van der Waals surface area contributed by atoms with E-state index in [1.54, 1.807) is 26.0 Å². The summed E-state index contributed by atoms with van der Waals surface area (Å²) in [4.78, 5) is 11.7. The van der Waals surface area contributed by atoms with Gasteiger partial charge >= 0.3 is 5.97 Å². The summed E-state index contributed by atoms with van der Waals surface area (Å²) in [6.45, 7) is 3.44. The Hall–Kier alpha value is -1.11. The highest BCUT2D eigenvalue weighted by molar-refractivity contribution is 7.90. The standard InChI is InChI=1S/C13H18ClNO4S/c1-13(2,12(16)19-3)15-8-9-10(14)6-5-7-11(9)20(4,17)18/h5-7,15H,8H2,1-4H3. The van der Waals surface area contributed by atoms with Gasteiger partial charge in [0, 0.05) is 23.4 Å².